The average molecular weight is 362 g/mol. The smallest absolute Gasteiger partial charge is 0.431 e. The van der Waals surface area contributed by atoms with Crippen LogP contribution >= 0.6 is 0 Å². The molecule has 0 fully saturated rings. The predicted octanol–water partition coefficient (Wildman–Crippen LogP) is 5.50. The van der Waals surface area contributed by atoms with Gasteiger partial charge in [-0.2, -0.15) is 13.2 Å². The molecule has 0 radical (unpaired) electrons. The summed E-state index contributed by atoms with van der Waals surface area (Å²) in [7, 11) is 0. The lowest BCUT2D eigenvalue weighted by molar-refractivity contribution is -0.141. The van der Waals surface area contributed by atoms with Crippen molar-refractivity contribution in [2.24, 2.45) is 0 Å². The number of halogens is 3. The Hall–Kier alpha value is -2.57. The fourth-order valence-corrected chi connectivity index (χ4v) is 2.80. The van der Waals surface area contributed by atoms with Crippen molar-refractivity contribution < 1.29 is 17.6 Å². The van der Waals surface area contributed by atoms with E-state index in [1.807, 2.05) is 12.1 Å². The second kappa shape index (κ2) is 7.76. The van der Waals surface area contributed by atoms with Gasteiger partial charge in [0.15, 0.2) is 0 Å². The number of rotatable bonds is 7. The van der Waals surface area contributed by atoms with E-state index in [0.717, 1.165) is 42.2 Å². The van der Waals surface area contributed by atoms with Crippen LogP contribution in [0, 0.1) is 0 Å². The van der Waals surface area contributed by atoms with Gasteiger partial charge in [0.1, 0.15) is 11.5 Å². The highest BCUT2D eigenvalue weighted by Crippen LogP contribution is 2.31. The molecule has 0 aliphatic carbocycles. The molecule has 3 aromatic heterocycles. The fourth-order valence-electron chi connectivity index (χ4n) is 2.80. The summed E-state index contributed by atoms with van der Waals surface area (Å²) in [5.41, 5.74) is 1.21. The molecule has 26 heavy (non-hydrogen) atoms. The first-order valence-corrected chi connectivity index (χ1v) is 8.60. The standard InChI is InChI=1S/C19H19F3N3O/c1-2-3-4-5-6-17-14(8-10-26-17)13-7-9-23-15(11-13)16-12-18(25-24-16)19(20,21)22/h7-12H,2-6H2,1H3/q-1. The van der Waals surface area contributed by atoms with E-state index in [4.69, 9.17) is 4.42 Å². The number of hydrogen-bond acceptors (Lipinski definition) is 3. The zero-order chi connectivity index (χ0) is 18.6. The Morgan fingerprint density at radius 1 is 1.12 bits per heavy atom. The van der Waals surface area contributed by atoms with E-state index >= 15 is 0 Å². The van der Waals surface area contributed by atoms with Crippen LogP contribution in [0.3, 0.4) is 0 Å². The van der Waals surface area contributed by atoms with E-state index < -0.39 is 11.9 Å². The molecular formula is C19H19F3N3O-. The lowest BCUT2D eigenvalue weighted by Crippen LogP contribution is -2.04. The first kappa shape index (κ1) is 18.2. The van der Waals surface area contributed by atoms with Crippen LogP contribution in [0.4, 0.5) is 13.2 Å². The zero-order valence-corrected chi connectivity index (χ0v) is 14.4. The minimum atomic E-state index is -4.51. The molecule has 3 rings (SSSR count). The molecule has 0 aliphatic rings. The average Bonchev–Trinajstić information content (AvgIpc) is 3.28. The van der Waals surface area contributed by atoms with Crippen LogP contribution in [0.1, 0.15) is 44.1 Å². The molecule has 0 saturated heterocycles. The monoisotopic (exact) mass is 362 g/mol. The maximum Gasteiger partial charge on any atom is 0.431 e. The number of unbranched alkanes of at least 4 members (excludes halogenated alkanes) is 3. The van der Waals surface area contributed by atoms with E-state index in [-0.39, 0.29) is 5.69 Å². The van der Waals surface area contributed by atoms with Crippen molar-refractivity contribution in [1.82, 2.24) is 15.2 Å². The van der Waals surface area contributed by atoms with Crippen LogP contribution in [0.25, 0.3) is 22.5 Å². The van der Waals surface area contributed by atoms with Gasteiger partial charge >= 0.3 is 6.18 Å². The first-order valence-electron chi connectivity index (χ1n) is 8.60. The second-order valence-electron chi connectivity index (χ2n) is 6.11. The van der Waals surface area contributed by atoms with E-state index in [2.05, 4.69) is 22.1 Å². The number of nitrogens with zero attached hydrogens (tertiary/aromatic N) is 3. The third-order valence-corrected chi connectivity index (χ3v) is 4.17. The number of pyridine rings is 1. The Kier molecular flexibility index (Phi) is 5.44. The van der Waals surface area contributed by atoms with Gasteiger partial charge in [-0.1, -0.05) is 31.9 Å². The molecule has 138 valence electrons. The Bertz CT molecular complexity index is 852. The maximum atomic E-state index is 12.7. The lowest BCUT2D eigenvalue weighted by Gasteiger charge is -2.08. The van der Waals surface area contributed by atoms with E-state index in [9.17, 15) is 13.2 Å². The van der Waals surface area contributed by atoms with Crippen molar-refractivity contribution in [2.75, 3.05) is 0 Å². The van der Waals surface area contributed by atoms with E-state index in [1.54, 1.807) is 18.5 Å². The summed E-state index contributed by atoms with van der Waals surface area (Å²) in [4.78, 5) is 4.13. The highest BCUT2D eigenvalue weighted by Gasteiger charge is 2.31. The molecule has 0 aliphatic heterocycles. The summed E-state index contributed by atoms with van der Waals surface area (Å²) >= 11 is 0. The normalized spacial score (nSPS) is 11.8. The quantitative estimate of drug-likeness (QED) is 0.521. The van der Waals surface area contributed by atoms with E-state index in [0.29, 0.717) is 5.69 Å². The van der Waals surface area contributed by atoms with Gasteiger partial charge in [-0.3, -0.25) is 4.98 Å². The number of aromatic nitrogens is 3. The third kappa shape index (κ3) is 4.15. The zero-order valence-electron chi connectivity index (χ0n) is 14.4. The van der Waals surface area contributed by atoms with Crippen molar-refractivity contribution in [1.29, 1.82) is 0 Å². The summed E-state index contributed by atoms with van der Waals surface area (Å²) in [6, 6.07) is 6.30. The van der Waals surface area contributed by atoms with Crippen molar-refractivity contribution in [3.8, 4) is 22.5 Å². The van der Waals surface area contributed by atoms with E-state index in [1.165, 1.54) is 12.8 Å². The Labute approximate surface area is 149 Å². The van der Waals surface area contributed by atoms with Gasteiger partial charge < -0.3 is 14.6 Å². The highest BCUT2D eigenvalue weighted by atomic mass is 19.4. The van der Waals surface area contributed by atoms with Crippen LogP contribution in [-0.2, 0) is 12.6 Å². The molecule has 0 atom stereocenters. The summed E-state index contributed by atoms with van der Waals surface area (Å²) in [6.45, 7) is 2.16. The second-order valence-corrected chi connectivity index (χ2v) is 6.11. The van der Waals surface area contributed by atoms with Crippen molar-refractivity contribution in [3.63, 3.8) is 0 Å². The van der Waals surface area contributed by atoms with Crippen molar-refractivity contribution >= 4 is 0 Å². The number of furan rings is 1. The molecule has 0 unspecified atom stereocenters. The third-order valence-electron chi connectivity index (χ3n) is 4.17. The van der Waals surface area contributed by atoms with Crippen LogP contribution in [-0.4, -0.2) is 10.1 Å². The Morgan fingerprint density at radius 3 is 2.69 bits per heavy atom. The molecule has 0 aromatic carbocycles. The van der Waals surface area contributed by atoms with Gasteiger partial charge in [0, 0.05) is 23.9 Å². The molecule has 3 heterocycles. The van der Waals surface area contributed by atoms with Crippen LogP contribution in [0.15, 0.2) is 41.1 Å². The van der Waals surface area contributed by atoms with Gasteiger partial charge in [-0.15, -0.1) is 0 Å². The topological polar surface area (TPSA) is 53.0 Å². The SMILES string of the molecule is CCCCCCc1occc1-c1ccnc(-c2cc(C(F)(F)F)n[n-]2)c1. The van der Waals surface area contributed by atoms with Gasteiger partial charge in [0.2, 0.25) is 0 Å². The molecule has 0 N–H and O–H groups in total. The summed E-state index contributed by atoms with van der Waals surface area (Å²) < 4.78 is 43.7. The largest absolute Gasteiger partial charge is 0.573 e. The number of hydrogen-bond donors (Lipinski definition) is 0. The summed E-state index contributed by atoms with van der Waals surface area (Å²) in [6.07, 6.45) is 4.03. The lowest BCUT2D eigenvalue weighted by atomic mass is 10.0. The van der Waals surface area contributed by atoms with Gasteiger partial charge in [-0.05, 0) is 36.2 Å². The Balaban J connectivity index is 1.82. The van der Waals surface area contributed by atoms with Gasteiger partial charge in [-0.25, -0.2) is 0 Å². The molecule has 0 amide bonds. The molecule has 4 nitrogen and oxygen atoms in total. The molecule has 0 bridgehead atoms. The Morgan fingerprint density at radius 2 is 1.96 bits per heavy atom. The minimum absolute atomic E-state index is 0.104. The molecule has 0 saturated carbocycles. The predicted molar refractivity (Wildman–Crippen MR) is 91.3 cm³/mol. The number of alkyl halides is 3. The maximum absolute atomic E-state index is 12.7. The van der Waals surface area contributed by atoms with Crippen molar-refractivity contribution in [2.45, 2.75) is 45.2 Å². The van der Waals surface area contributed by atoms with Crippen LogP contribution in [0.2, 0.25) is 0 Å². The minimum Gasteiger partial charge on any atom is -0.573 e. The highest BCUT2D eigenvalue weighted by molar-refractivity contribution is 5.70. The molecule has 3 aromatic rings. The molecule has 7 heteroatoms. The summed E-state index contributed by atoms with van der Waals surface area (Å²) in [5, 5.41) is 6.81. The van der Waals surface area contributed by atoms with Crippen LogP contribution in [0.5, 0.6) is 0 Å². The number of aryl methyl sites for hydroxylation is 1. The van der Waals surface area contributed by atoms with Gasteiger partial charge in [0.25, 0.3) is 0 Å². The van der Waals surface area contributed by atoms with Crippen LogP contribution < -0.4 is 5.10 Å². The molecule has 0 spiro atoms. The fraction of sp³-hybridized carbons (Fsp3) is 0.368. The molecular weight excluding hydrogens is 343 g/mol. The summed E-state index contributed by atoms with van der Waals surface area (Å²) in [5.74, 6) is 0.878. The van der Waals surface area contributed by atoms with Crippen molar-refractivity contribution in [3.05, 3.63) is 48.2 Å². The first-order chi connectivity index (χ1) is 12.5. The van der Waals surface area contributed by atoms with Gasteiger partial charge in [0.05, 0.1) is 6.26 Å².